The van der Waals surface area contributed by atoms with E-state index in [0.717, 1.165) is 18.4 Å². The lowest BCUT2D eigenvalue weighted by atomic mass is 9.76. The maximum Gasteiger partial charge on any atom is 0.129 e. The average molecular weight is 241 g/mol. The van der Waals surface area contributed by atoms with Gasteiger partial charge in [-0.3, -0.25) is 0 Å². The highest BCUT2D eigenvalue weighted by atomic mass is 35.5. The van der Waals surface area contributed by atoms with Gasteiger partial charge < -0.3 is 10.4 Å². The van der Waals surface area contributed by atoms with Crippen molar-refractivity contribution >= 4 is 11.6 Å². The van der Waals surface area contributed by atoms with Crippen LogP contribution in [-0.4, -0.2) is 22.2 Å². The molecule has 0 bridgehead atoms. The molecule has 4 heteroatoms. The highest BCUT2D eigenvalue weighted by Crippen LogP contribution is 2.33. The van der Waals surface area contributed by atoms with Crippen LogP contribution in [0.5, 0.6) is 0 Å². The normalized spacial score (nSPS) is 20.2. The Morgan fingerprint density at radius 2 is 2.31 bits per heavy atom. The fourth-order valence-corrected chi connectivity index (χ4v) is 2.25. The zero-order valence-corrected chi connectivity index (χ0v) is 10.2. The number of rotatable bonds is 4. The lowest BCUT2D eigenvalue weighted by Crippen LogP contribution is -2.54. The Balaban J connectivity index is 2.02. The number of pyridine rings is 1. The van der Waals surface area contributed by atoms with Gasteiger partial charge in [0, 0.05) is 17.8 Å². The lowest BCUT2D eigenvalue weighted by Gasteiger charge is -2.43. The Kier molecular flexibility index (Phi) is 3.47. The summed E-state index contributed by atoms with van der Waals surface area (Å²) in [6, 6.07) is 3.95. The second-order valence-electron chi connectivity index (χ2n) is 4.57. The van der Waals surface area contributed by atoms with Gasteiger partial charge in [-0.05, 0) is 37.8 Å². The predicted octanol–water partition coefficient (Wildman–Crippen LogP) is 2.30. The van der Waals surface area contributed by atoms with Crippen molar-refractivity contribution in [3.8, 4) is 0 Å². The third-order valence-corrected chi connectivity index (χ3v) is 3.61. The van der Waals surface area contributed by atoms with Crippen LogP contribution in [0.25, 0.3) is 0 Å². The summed E-state index contributed by atoms with van der Waals surface area (Å²) in [5, 5.41) is 13.4. The fraction of sp³-hybridized carbons (Fsp3) is 0.583. The molecule has 1 aromatic heterocycles. The van der Waals surface area contributed by atoms with E-state index in [1.54, 1.807) is 12.3 Å². The molecule has 3 nitrogen and oxygen atoms in total. The zero-order chi connectivity index (χ0) is 11.6. The van der Waals surface area contributed by atoms with Crippen molar-refractivity contribution in [1.82, 2.24) is 10.3 Å². The first-order valence-corrected chi connectivity index (χ1v) is 6.03. The number of hydrogen-bond acceptors (Lipinski definition) is 3. The lowest BCUT2D eigenvalue weighted by molar-refractivity contribution is 0.0787. The molecule has 1 aliphatic rings. The van der Waals surface area contributed by atoms with Crippen molar-refractivity contribution in [1.29, 1.82) is 0 Å². The van der Waals surface area contributed by atoms with Crippen LogP contribution >= 0.6 is 11.6 Å². The van der Waals surface area contributed by atoms with E-state index >= 15 is 0 Å². The summed E-state index contributed by atoms with van der Waals surface area (Å²) >= 11 is 5.74. The number of nitrogens with one attached hydrogen (secondary N) is 1. The van der Waals surface area contributed by atoms with Gasteiger partial charge in [0.2, 0.25) is 0 Å². The molecular formula is C12H17ClN2O. The Bertz CT molecular complexity index is 343. The standard InChI is InChI=1S/C12H17ClN2O/c1-9(10-3-4-11(13)14-7-10)15-12(8-16)5-2-6-12/h3-4,7,9,15-16H,2,5-6,8H2,1H3. The van der Waals surface area contributed by atoms with Gasteiger partial charge in [-0.15, -0.1) is 0 Å². The Morgan fingerprint density at radius 3 is 2.75 bits per heavy atom. The quantitative estimate of drug-likeness (QED) is 0.794. The second kappa shape index (κ2) is 4.70. The van der Waals surface area contributed by atoms with Crippen LogP contribution in [0, 0.1) is 0 Å². The number of aromatic nitrogens is 1. The van der Waals surface area contributed by atoms with Crippen LogP contribution in [-0.2, 0) is 0 Å². The maximum atomic E-state index is 9.38. The third-order valence-electron chi connectivity index (χ3n) is 3.39. The highest BCUT2D eigenvalue weighted by molar-refractivity contribution is 6.29. The minimum Gasteiger partial charge on any atom is -0.394 e. The molecule has 0 aromatic carbocycles. The molecule has 1 heterocycles. The largest absolute Gasteiger partial charge is 0.394 e. The fourth-order valence-electron chi connectivity index (χ4n) is 2.14. The van der Waals surface area contributed by atoms with Gasteiger partial charge in [0.1, 0.15) is 5.15 Å². The SMILES string of the molecule is CC(NC1(CO)CCC1)c1ccc(Cl)nc1. The number of nitrogens with zero attached hydrogens (tertiary/aromatic N) is 1. The molecule has 2 N–H and O–H groups in total. The molecule has 0 saturated heterocycles. The molecule has 1 saturated carbocycles. The first-order chi connectivity index (χ1) is 7.65. The van der Waals surface area contributed by atoms with Crippen LogP contribution in [0.3, 0.4) is 0 Å². The van der Waals surface area contributed by atoms with Crippen LogP contribution in [0.2, 0.25) is 5.15 Å². The first kappa shape index (κ1) is 11.8. The summed E-state index contributed by atoms with van der Waals surface area (Å²) in [4.78, 5) is 4.06. The van der Waals surface area contributed by atoms with Gasteiger partial charge >= 0.3 is 0 Å². The van der Waals surface area contributed by atoms with Crippen LogP contribution < -0.4 is 5.32 Å². The predicted molar refractivity (Wildman–Crippen MR) is 64.5 cm³/mol. The van der Waals surface area contributed by atoms with E-state index in [2.05, 4.69) is 17.2 Å². The van der Waals surface area contributed by atoms with Gasteiger partial charge in [0.15, 0.2) is 0 Å². The summed E-state index contributed by atoms with van der Waals surface area (Å²) in [5.74, 6) is 0. The molecular weight excluding hydrogens is 224 g/mol. The molecule has 1 aliphatic carbocycles. The van der Waals surface area contributed by atoms with Gasteiger partial charge in [-0.2, -0.15) is 0 Å². The minimum atomic E-state index is -0.0704. The molecule has 0 aliphatic heterocycles. The van der Waals surface area contributed by atoms with Gasteiger partial charge in [0.25, 0.3) is 0 Å². The molecule has 2 rings (SSSR count). The van der Waals surface area contributed by atoms with Crippen LogP contribution in [0.15, 0.2) is 18.3 Å². The van der Waals surface area contributed by atoms with Crippen molar-refractivity contribution in [2.45, 2.75) is 37.8 Å². The molecule has 0 spiro atoms. The maximum absolute atomic E-state index is 9.38. The van der Waals surface area contributed by atoms with E-state index in [1.807, 2.05) is 6.07 Å². The minimum absolute atomic E-state index is 0.0704. The molecule has 88 valence electrons. The van der Waals surface area contributed by atoms with E-state index in [1.165, 1.54) is 6.42 Å². The molecule has 1 unspecified atom stereocenters. The monoisotopic (exact) mass is 240 g/mol. The van der Waals surface area contributed by atoms with Gasteiger partial charge in [-0.1, -0.05) is 17.7 Å². The molecule has 1 fully saturated rings. The summed E-state index contributed by atoms with van der Waals surface area (Å²) < 4.78 is 0. The Morgan fingerprint density at radius 1 is 1.56 bits per heavy atom. The van der Waals surface area contributed by atoms with E-state index < -0.39 is 0 Å². The van der Waals surface area contributed by atoms with Crippen molar-refractivity contribution in [3.63, 3.8) is 0 Å². The summed E-state index contributed by atoms with van der Waals surface area (Å²) in [6.45, 7) is 2.29. The van der Waals surface area contributed by atoms with Gasteiger partial charge in [-0.25, -0.2) is 4.98 Å². The molecule has 16 heavy (non-hydrogen) atoms. The van der Waals surface area contributed by atoms with E-state index in [9.17, 15) is 5.11 Å². The summed E-state index contributed by atoms with van der Waals surface area (Å²) in [7, 11) is 0. The number of aliphatic hydroxyl groups is 1. The Labute approximate surface area is 101 Å². The van der Waals surface area contributed by atoms with Crippen molar-refractivity contribution in [3.05, 3.63) is 29.0 Å². The number of halogens is 1. The van der Waals surface area contributed by atoms with Crippen molar-refractivity contribution in [2.24, 2.45) is 0 Å². The molecule has 1 atom stereocenters. The Hall–Kier alpha value is -0.640. The number of aliphatic hydroxyl groups excluding tert-OH is 1. The molecule has 0 amide bonds. The van der Waals surface area contributed by atoms with Crippen LogP contribution in [0.4, 0.5) is 0 Å². The van der Waals surface area contributed by atoms with Crippen LogP contribution in [0.1, 0.15) is 37.8 Å². The summed E-state index contributed by atoms with van der Waals surface area (Å²) in [5.41, 5.74) is 1.03. The van der Waals surface area contributed by atoms with Crippen molar-refractivity contribution in [2.75, 3.05) is 6.61 Å². The smallest absolute Gasteiger partial charge is 0.129 e. The average Bonchev–Trinajstić information content (AvgIpc) is 2.24. The highest BCUT2D eigenvalue weighted by Gasteiger charge is 2.37. The van der Waals surface area contributed by atoms with Gasteiger partial charge in [0.05, 0.1) is 6.61 Å². The molecule has 1 aromatic rings. The van der Waals surface area contributed by atoms with Crippen molar-refractivity contribution < 1.29 is 5.11 Å². The topological polar surface area (TPSA) is 45.1 Å². The van der Waals surface area contributed by atoms with E-state index in [4.69, 9.17) is 11.6 Å². The first-order valence-electron chi connectivity index (χ1n) is 5.65. The second-order valence-corrected chi connectivity index (χ2v) is 4.96. The zero-order valence-electron chi connectivity index (χ0n) is 9.41. The molecule has 0 radical (unpaired) electrons. The third kappa shape index (κ3) is 2.37. The summed E-state index contributed by atoms with van der Waals surface area (Å²) in [6.07, 6.45) is 5.08. The number of hydrogen-bond donors (Lipinski definition) is 2. The van der Waals surface area contributed by atoms with E-state index in [-0.39, 0.29) is 18.2 Å². The van der Waals surface area contributed by atoms with E-state index in [0.29, 0.717) is 5.15 Å².